The number of benzene rings is 1. The first-order chi connectivity index (χ1) is 9.74. The summed E-state index contributed by atoms with van der Waals surface area (Å²) in [5.41, 5.74) is 1.56. The van der Waals surface area contributed by atoms with E-state index in [-0.39, 0.29) is 5.54 Å². The maximum Gasteiger partial charge on any atom is 0.0464 e. The smallest absolute Gasteiger partial charge is 0.0464 e. The molecule has 1 aliphatic heterocycles. The molecule has 1 atom stereocenters. The van der Waals surface area contributed by atoms with Gasteiger partial charge >= 0.3 is 0 Å². The molecule has 1 aliphatic rings. The second-order valence-electron chi connectivity index (χ2n) is 6.27. The Morgan fingerprint density at radius 3 is 2.90 bits per heavy atom. The van der Waals surface area contributed by atoms with Crippen LogP contribution in [-0.4, -0.2) is 11.5 Å². The molecule has 2 nitrogen and oxygen atoms in total. The molecule has 0 radical (unpaired) electrons. The molecule has 0 bridgehead atoms. The fourth-order valence-corrected chi connectivity index (χ4v) is 3.65. The van der Waals surface area contributed by atoms with Crippen LogP contribution in [-0.2, 0) is 5.54 Å². The van der Waals surface area contributed by atoms with E-state index in [1.807, 2.05) is 12.4 Å². The van der Waals surface area contributed by atoms with E-state index in [1.165, 1.54) is 42.0 Å². The fraction of sp³-hybridized carbons (Fsp3) is 0.500. The van der Waals surface area contributed by atoms with Crippen molar-refractivity contribution in [2.45, 2.75) is 45.1 Å². The lowest BCUT2D eigenvalue weighted by Gasteiger charge is -2.39. The minimum atomic E-state index is 0.108. The van der Waals surface area contributed by atoms with Gasteiger partial charge in [0.1, 0.15) is 0 Å². The van der Waals surface area contributed by atoms with Gasteiger partial charge in [0.25, 0.3) is 0 Å². The van der Waals surface area contributed by atoms with E-state index in [0.717, 1.165) is 6.54 Å². The van der Waals surface area contributed by atoms with Gasteiger partial charge in [-0.3, -0.25) is 4.98 Å². The molecule has 0 saturated carbocycles. The van der Waals surface area contributed by atoms with Crippen molar-refractivity contribution >= 4 is 10.8 Å². The second kappa shape index (κ2) is 5.53. The summed E-state index contributed by atoms with van der Waals surface area (Å²) in [4.78, 5) is 4.26. The lowest BCUT2D eigenvalue weighted by atomic mass is 9.75. The molecule has 0 aliphatic carbocycles. The standard InChI is InChI=1S/C18H24N2/c1-14(2)18(10-4-3-5-11-20-18)17-8-6-7-15-13-19-12-9-16(15)17/h6-9,12-14,20H,3-5,10-11H2,1-2H3. The first-order valence-electron chi connectivity index (χ1n) is 7.82. The van der Waals surface area contributed by atoms with E-state index in [1.54, 1.807) is 0 Å². The lowest BCUT2D eigenvalue weighted by Crippen LogP contribution is -2.46. The zero-order valence-electron chi connectivity index (χ0n) is 12.5. The predicted molar refractivity (Wildman–Crippen MR) is 84.7 cm³/mol. The third kappa shape index (κ3) is 2.22. The molecule has 106 valence electrons. The van der Waals surface area contributed by atoms with E-state index >= 15 is 0 Å². The van der Waals surface area contributed by atoms with E-state index < -0.39 is 0 Å². The van der Waals surface area contributed by atoms with Crippen molar-refractivity contribution in [2.75, 3.05) is 6.54 Å². The van der Waals surface area contributed by atoms with Crippen molar-refractivity contribution in [3.63, 3.8) is 0 Å². The van der Waals surface area contributed by atoms with Crippen molar-refractivity contribution in [2.24, 2.45) is 5.92 Å². The van der Waals surface area contributed by atoms with Crippen LogP contribution in [0.15, 0.2) is 36.7 Å². The number of nitrogens with one attached hydrogen (secondary N) is 1. The summed E-state index contributed by atoms with van der Waals surface area (Å²) in [6.07, 6.45) is 9.06. The number of hydrogen-bond donors (Lipinski definition) is 1. The quantitative estimate of drug-likeness (QED) is 0.880. The molecule has 0 amide bonds. The largest absolute Gasteiger partial charge is 0.307 e. The summed E-state index contributed by atoms with van der Waals surface area (Å²) < 4.78 is 0. The molecule has 0 spiro atoms. The molecule has 3 rings (SSSR count). The Hall–Kier alpha value is -1.41. The third-order valence-corrected chi connectivity index (χ3v) is 4.84. The van der Waals surface area contributed by atoms with Gasteiger partial charge in [0.15, 0.2) is 0 Å². The van der Waals surface area contributed by atoms with Crippen LogP contribution in [0.2, 0.25) is 0 Å². The molecule has 1 N–H and O–H groups in total. The average molecular weight is 268 g/mol. The molecule has 1 aromatic heterocycles. The Bertz CT molecular complexity index is 575. The number of hydrogen-bond acceptors (Lipinski definition) is 2. The molecule has 2 aromatic rings. The van der Waals surface area contributed by atoms with Crippen LogP contribution >= 0.6 is 0 Å². The molecule has 2 heteroatoms. The minimum absolute atomic E-state index is 0.108. The Balaban J connectivity index is 2.19. The molecule has 20 heavy (non-hydrogen) atoms. The van der Waals surface area contributed by atoms with E-state index in [0.29, 0.717) is 5.92 Å². The van der Waals surface area contributed by atoms with Crippen LogP contribution in [0.4, 0.5) is 0 Å². The van der Waals surface area contributed by atoms with Crippen molar-refractivity contribution < 1.29 is 0 Å². The van der Waals surface area contributed by atoms with E-state index in [9.17, 15) is 0 Å². The number of fused-ring (bicyclic) bond motifs is 1. The van der Waals surface area contributed by atoms with Gasteiger partial charge in [0.2, 0.25) is 0 Å². The highest BCUT2D eigenvalue weighted by molar-refractivity contribution is 5.85. The number of aromatic nitrogens is 1. The van der Waals surface area contributed by atoms with Gasteiger partial charge in [0, 0.05) is 23.3 Å². The fourth-order valence-electron chi connectivity index (χ4n) is 3.65. The summed E-state index contributed by atoms with van der Waals surface area (Å²) in [6, 6.07) is 8.81. The third-order valence-electron chi connectivity index (χ3n) is 4.84. The highest BCUT2D eigenvalue weighted by Gasteiger charge is 2.36. The van der Waals surface area contributed by atoms with Gasteiger partial charge in [-0.15, -0.1) is 0 Å². The van der Waals surface area contributed by atoms with Crippen LogP contribution in [0.25, 0.3) is 10.8 Å². The summed E-state index contributed by atoms with van der Waals surface area (Å²) in [7, 11) is 0. The maximum absolute atomic E-state index is 4.26. The van der Waals surface area contributed by atoms with Gasteiger partial charge in [0.05, 0.1) is 0 Å². The number of nitrogens with zero attached hydrogens (tertiary/aromatic N) is 1. The van der Waals surface area contributed by atoms with Crippen LogP contribution in [0.1, 0.15) is 45.1 Å². The molecule has 1 unspecified atom stereocenters. The highest BCUT2D eigenvalue weighted by Crippen LogP contribution is 2.39. The SMILES string of the molecule is CC(C)C1(c2cccc3cnccc23)CCCCCN1. The Labute approximate surface area is 121 Å². The molecule has 2 heterocycles. The van der Waals surface area contributed by atoms with Crippen molar-refractivity contribution in [3.8, 4) is 0 Å². The highest BCUT2D eigenvalue weighted by atomic mass is 15.0. The van der Waals surface area contributed by atoms with Crippen molar-refractivity contribution in [1.29, 1.82) is 0 Å². The lowest BCUT2D eigenvalue weighted by molar-refractivity contribution is 0.233. The van der Waals surface area contributed by atoms with Gasteiger partial charge in [-0.25, -0.2) is 0 Å². The maximum atomic E-state index is 4.26. The van der Waals surface area contributed by atoms with Gasteiger partial charge in [-0.1, -0.05) is 44.9 Å². The van der Waals surface area contributed by atoms with Crippen LogP contribution in [0.5, 0.6) is 0 Å². The van der Waals surface area contributed by atoms with Crippen molar-refractivity contribution in [1.82, 2.24) is 10.3 Å². The van der Waals surface area contributed by atoms with Gasteiger partial charge in [-0.2, -0.15) is 0 Å². The van der Waals surface area contributed by atoms with E-state index in [4.69, 9.17) is 0 Å². The molecule has 1 saturated heterocycles. The summed E-state index contributed by atoms with van der Waals surface area (Å²) in [5.74, 6) is 0.583. The van der Waals surface area contributed by atoms with Gasteiger partial charge < -0.3 is 5.32 Å². The van der Waals surface area contributed by atoms with Crippen molar-refractivity contribution in [3.05, 3.63) is 42.2 Å². The monoisotopic (exact) mass is 268 g/mol. The first-order valence-corrected chi connectivity index (χ1v) is 7.82. The summed E-state index contributed by atoms with van der Waals surface area (Å²) in [5, 5.41) is 6.48. The molecule has 1 aromatic carbocycles. The average Bonchev–Trinajstić information content (AvgIpc) is 2.73. The molecule has 1 fully saturated rings. The summed E-state index contributed by atoms with van der Waals surface area (Å²) in [6.45, 7) is 5.82. The summed E-state index contributed by atoms with van der Waals surface area (Å²) >= 11 is 0. The zero-order chi connectivity index (χ0) is 14.0. The van der Waals surface area contributed by atoms with Crippen LogP contribution < -0.4 is 5.32 Å². The van der Waals surface area contributed by atoms with E-state index in [2.05, 4.69) is 48.4 Å². The van der Waals surface area contributed by atoms with Crippen LogP contribution in [0, 0.1) is 5.92 Å². The molecular weight excluding hydrogens is 244 g/mol. The first kappa shape index (κ1) is 13.6. The van der Waals surface area contributed by atoms with Gasteiger partial charge in [-0.05, 0) is 42.3 Å². The number of pyridine rings is 1. The predicted octanol–water partition coefficient (Wildman–Crippen LogP) is 4.25. The minimum Gasteiger partial charge on any atom is -0.307 e. The Kier molecular flexibility index (Phi) is 3.75. The topological polar surface area (TPSA) is 24.9 Å². The molecular formula is C18H24N2. The van der Waals surface area contributed by atoms with Crippen LogP contribution in [0.3, 0.4) is 0 Å². The normalized spacial score (nSPS) is 23.9. The number of rotatable bonds is 2. The second-order valence-corrected chi connectivity index (χ2v) is 6.27. The Morgan fingerprint density at radius 1 is 1.15 bits per heavy atom. The Morgan fingerprint density at radius 2 is 2.05 bits per heavy atom. The zero-order valence-corrected chi connectivity index (χ0v) is 12.5.